The molecule has 0 aromatic carbocycles. The molecule has 18 heavy (non-hydrogen) atoms. The quantitative estimate of drug-likeness (QED) is 0.716. The van der Waals surface area contributed by atoms with Gasteiger partial charge in [-0.15, -0.1) is 0 Å². The molecule has 2 aliphatic rings. The maximum absolute atomic E-state index is 3.88. The monoisotopic (exact) mass is 270 g/mol. The fourth-order valence-corrected chi connectivity index (χ4v) is 3.76. The van der Waals surface area contributed by atoms with E-state index in [0.717, 1.165) is 12.0 Å². The van der Waals surface area contributed by atoms with Crippen LogP contribution in [0.1, 0.15) is 46.0 Å². The van der Waals surface area contributed by atoms with E-state index in [4.69, 9.17) is 0 Å². The molecular weight excluding hydrogens is 240 g/mol. The molecule has 1 aliphatic carbocycles. The van der Waals surface area contributed by atoms with Crippen molar-refractivity contribution in [1.29, 1.82) is 0 Å². The molecule has 1 saturated heterocycles. The maximum atomic E-state index is 3.88. The van der Waals surface area contributed by atoms with E-state index in [-0.39, 0.29) is 0 Å². The van der Waals surface area contributed by atoms with E-state index >= 15 is 0 Å². The Labute approximate surface area is 117 Å². The van der Waals surface area contributed by atoms with E-state index < -0.39 is 0 Å². The zero-order chi connectivity index (χ0) is 13.0. The fraction of sp³-hybridized carbons (Fsp3) is 1.00. The molecule has 1 N–H and O–H groups in total. The first-order valence-electron chi connectivity index (χ1n) is 7.72. The second kappa shape index (κ2) is 6.62. The van der Waals surface area contributed by atoms with Gasteiger partial charge in [-0.25, -0.2) is 0 Å². The highest BCUT2D eigenvalue weighted by Gasteiger charge is 2.42. The Morgan fingerprint density at radius 2 is 2.00 bits per heavy atom. The lowest BCUT2D eigenvalue weighted by molar-refractivity contribution is 0.0624. The Balaban J connectivity index is 1.93. The maximum Gasteiger partial charge on any atom is 0.0304 e. The zero-order valence-corrected chi connectivity index (χ0v) is 13.2. The summed E-state index contributed by atoms with van der Waals surface area (Å²) < 4.78 is 0. The number of hydrogen-bond donors (Lipinski definition) is 1. The van der Waals surface area contributed by atoms with Gasteiger partial charge in [0.25, 0.3) is 0 Å². The van der Waals surface area contributed by atoms with Crippen molar-refractivity contribution in [2.24, 2.45) is 5.92 Å². The molecule has 1 aliphatic heterocycles. The molecular formula is C15H30N2S. The smallest absolute Gasteiger partial charge is 0.0304 e. The predicted octanol–water partition coefficient (Wildman–Crippen LogP) is 2.98. The third-order valence-corrected chi connectivity index (χ3v) is 5.67. The van der Waals surface area contributed by atoms with Crippen LogP contribution in [0, 0.1) is 5.92 Å². The van der Waals surface area contributed by atoms with Crippen molar-refractivity contribution >= 4 is 11.8 Å². The van der Waals surface area contributed by atoms with E-state index in [9.17, 15) is 0 Å². The van der Waals surface area contributed by atoms with Gasteiger partial charge in [-0.1, -0.05) is 13.8 Å². The molecule has 0 radical (unpaired) electrons. The van der Waals surface area contributed by atoms with Crippen molar-refractivity contribution in [3.05, 3.63) is 0 Å². The van der Waals surface area contributed by atoms with Gasteiger partial charge in [0.2, 0.25) is 0 Å². The third kappa shape index (κ3) is 3.43. The topological polar surface area (TPSA) is 15.3 Å². The summed E-state index contributed by atoms with van der Waals surface area (Å²) in [6.07, 6.45) is 9.04. The summed E-state index contributed by atoms with van der Waals surface area (Å²) in [6.45, 7) is 8.49. The minimum Gasteiger partial charge on any atom is -0.308 e. The van der Waals surface area contributed by atoms with Crippen LogP contribution in [0.4, 0.5) is 0 Å². The van der Waals surface area contributed by atoms with Gasteiger partial charge in [-0.05, 0) is 56.6 Å². The van der Waals surface area contributed by atoms with Gasteiger partial charge in [-0.2, -0.15) is 11.8 Å². The Morgan fingerprint density at radius 1 is 1.28 bits per heavy atom. The number of rotatable bonds is 7. The van der Waals surface area contributed by atoms with Gasteiger partial charge in [0.05, 0.1) is 0 Å². The Hall–Kier alpha value is 0.270. The van der Waals surface area contributed by atoms with Crippen molar-refractivity contribution < 1.29 is 0 Å². The van der Waals surface area contributed by atoms with Crippen LogP contribution >= 0.6 is 11.8 Å². The minimum absolute atomic E-state index is 0.394. The first-order chi connectivity index (χ1) is 8.74. The molecule has 0 aromatic rings. The van der Waals surface area contributed by atoms with Gasteiger partial charge in [0, 0.05) is 24.7 Å². The third-order valence-electron chi connectivity index (χ3n) is 4.97. The van der Waals surface area contributed by atoms with E-state index in [1.54, 1.807) is 0 Å². The summed E-state index contributed by atoms with van der Waals surface area (Å²) in [7, 11) is 0. The summed E-state index contributed by atoms with van der Waals surface area (Å²) in [5, 5.41) is 3.88. The van der Waals surface area contributed by atoms with Crippen LogP contribution in [-0.2, 0) is 0 Å². The van der Waals surface area contributed by atoms with Crippen LogP contribution < -0.4 is 5.32 Å². The van der Waals surface area contributed by atoms with Gasteiger partial charge in [-0.3, -0.25) is 4.90 Å². The van der Waals surface area contributed by atoms with Gasteiger partial charge in [0.15, 0.2) is 0 Å². The molecule has 2 fully saturated rings. The van der Waals surface area contributed by atoms with Crippen LogP contribution in [-0.4, -0.2) is 48.1 Å². The highest BCUT2D eigenvalue weighted by molar-refractivity contribution is 7.98. The number of hydrogen-bond acceptors (Lipinski definition) is 3. The largest absolute Gasteiger partial charge is 0.308 e. The lowest BCUT2D eigenvalue weighted by Crippen LogP contribution is -2.64. The van der Waals surface area contributed by atoms with Crippen molar-refractivity contribution in [1.82, 2.24) is 10.2 Å². The minimum atomic E-state index is 0.394. The van der Waals surface area contributed by atoms with Crippen LogP contribution in [0.5, 0.6) is 0 Å². The van der Waals surface area contributed by atoms with Crippen molar-refractivity contribution in [3.63, 3.8) is 0 Å². The average Bonchev–Trinajstić information content (AvgIpc) is 3.23. The number of nitrogens with one attached hydrogen (secondary N) is 1. The molecule has 2 rings (SSSR count). The highest BCUT2D eigenvalue weighted by atomic mass is 32.2. The number of thioether (sulfide) groups is 1. The van der Waals surface area contributed by atoms with Gasteiger partial charge < -0.3 is 5.32 Å². The van der Waals surface area contributed by atoms with Gasteiger partial charge >= 0.3 is 0 Å². The Morgan fingerprint density at radius 3 is 2.56 bits per heavy atom. The normalized spacial score (nSPS) is 28.5. The van der Waals surface area contributed by atoms with E-state index in [0.29, 0.717) is 5.54 Å². The standard InChI is InChI=1S/C15H30N2S/c1-4-15(5-2)12-17(9-6-10-18-3)14(11-16-15)13-7-8-13/h13-14,16H,4-12H2,1-3H3. The van der Waals surface area contributed by atoms with Crippen LogP contribution in [0.15, 0.2) is 0 Å². The van der Waals surface area contributed by atoms with Crippen LogP contribution in [0.3, 0.4) is 0 Å². The second-order valence-corrected chi connectivity index (χ2v) is 7.08. The molecule has 3 heteroatoms. The zero-order valence-electron chi connectivity index (χ0n) is 12.4. The number of piperazine rings is 1. The molecule has 2 nitrogen and oxygen atoms in total. The molecule has 0 amide bonds. The highest BCUT2D eigenvalue weighted by Crippen LogP contribution is 2.38. The molecule has 0 spiro atoms. The molecule has 0 aromatic heterocycles. The van der Waals surface area contributed by atoms with Crippen molar-refractivity contribution in [3.8, 4) is 0 Å². The Bertz CT molecular complexity index is 249. The summed E-state index contributed by atoms with van der Waals surface area (Å²) in [5.74, 6) is 2.31. The molecule has 1 atom stereocenters. The first-order valence-corrected chi connectivity index (χ1v) is 9.12. The molecule has 1 saturated carbocycles. The van der Waals surface area contributed by atoms with E-state index in [2.05, 4.69) is 30.3 Å². The summed E-state index contributed by atoms with van der Waals surface area (Å²) in [4.78, 5) is 2.82. The van der Waals surface area contributed by atoms with Crippen molar-refractivity contribution in [2.75, 3.05) is 31.6 Å². The Kier molecular flexibility index (Phi) is 5.40. The molecule has 0 bridgehead atoms. The lowest BCUT2D eigenvalue weighted by Gasteiger charge is -2.48. The average molecular weight is 270 g/mol. The summed E-state index contributed by atoms with van der Waals surface area (Å²) in [5.41, 5.74) is 0.394. The lowest BCUT2D eigenvalue weighted by atomic mass is 9.87. The predicted molar refractivity (Wildman–Crippen MR) is 82.4 cm³/mol. The van der Waals surface area contributed by atoms with Crippen LogP contribution in [0.25, 0.3) is 0 Å². The van der Waals surface area contributed by atoms with Crippen LogP contribution in [0.2, 0.25) is 0 Å². The van der Waals surface area contributed by atoms with E-state index in [1.165, 1.54) is 57.5 Å². The summed E-state index contributed by atoms with van der Waals surface area (Å²) in [6, 6.07) is 0.832. The summed E-state index contributed by atoms with van der Waals surface area (Å²) >= 11 is 1.98. The molecule has 106 valence electrons. The number of nitrogens with zero attached hydrogens (tertiary/aromatic N) is 1. The van der Waals surface area contributed by atoms with E-state index in [1.807, 2.05) is 11.8 Å². The molecule has 1 unspecified atom stereocenters. The SMILES string of the molecule is CCC1(CC)CN(CCCSC)C(C2CC2)CN1. The van der Waals surface area contributed by atoms with Gasteiger partial charge in [0.1, 0.15) is 0 Å². The second-order valence-electron chi connectivity index (χ2n) is 6.09. The first kappa shape index (κ1) is 14.7. The fourth-order valence-electron chi connectivity index (χ4n) is 3.34. The molecule has 1 heterocycles. The van der Waals surface area contributed by atoms with Crippen molar-refractivity contribution in [2.45, 2.75) is 57.5 Å².